The molecule has 0 aliphatic carbocycles. The van der Waals surface area contributed by atoms with Crippen LogP contribution in [0.1, 0.15) is 27.7 Å². The molecule has 0 unspecified atom stereocenters. The highest BCUT2D eigenvalue weighted by Gasteiger charge is 2.32. The zero-order chi connectivity index (χ0) is 15.4. The first-order valence-corrected chi connectivity index (χ1v) is 8.32. The summed E-state index contributed by atoms with van der Waals surface area (Å²) in [4.78, 5) is 21.0. The van der Waals surface area contributed by atoms with Crippen molar-refractivity contribution in [2.45, 2.75) is 33.7 Å². The zero-order valence-electron chi connectivity index (χ0n) is 13.1. The summed E-state index contributed by atoms with van der Waals surface area (Å²) in [5, 5.41) is 0.843. The van der Waals surface area contributed by atoms with E-state index in [1.165, 1.54) is 0 Å². The Kier molecular flexibility index (Phi) is 5.28. The van der Waals surface area contributed by atoms with Crippen molar-refractivity contribution in [2.24, 2.45) is 10.9 Å². The van der Waals surface area contributed by atoms with Gasteiger partial charge in [0.15, 0.2) is 5.17 Å². The molecule has 1 saturated heterocycles. The second-order valence-corrected chi connectivity index (χ2v) is 6.74. The third kappa shape index (κ3) is 4.00. The molecular formula is C16H23N3OS. The Morgan fingerprint density at radius 2 is 1.86 bits per heavy atom. The number of nitrogens with zero attached hydrogens (tertiary/aromatic N) is 3. The largest absolute Gasteiger partial charge is 0.331 e. The third-order valence-corrected chi connectivity index (χ3v) is 3.97. The number of amides is 2. The molecule has 0 radical (unpaired) electrons. The molecule has 1 aliphatic heterocycles. The standard InChI is InChI=1S/C16H23N3OS/c1-12(2)10-18-15(17-13(3)4)21-11-19(16(18)20)14-8-6-5-7-9-14/h5-9,12-13H,10-11H2,1-4H3/b17-15-. The number of amidine groups is 1. The highest BCUT2D eigenvalue weighted by atomic mass is 32.2. The first kappa shape index (κ1) is 15.9. The molecule has 0 saturated carbocycles. The third-order valence-electron chi connectivity index (χ3n) is 3.00. The molecule has 4 nitrogen and oxygen atoms in total. The van der Waals surface area contributed by atoms with Crippen LogP contribution in [0.5, 0.6) is 0 Å². The Morgan fingerprint density at radius 3 is 2.43 bits per heavy atom. The number of urea groups is 1. The van der Waals surface area contributed by atoms with Crippen LogP contribution in [0.4, 0.5) is 10.5 Å². The van der Waals surface area contributed by atoms with Crippen LogP contribution in [0, 0.1) is 5.92 Å². The van der Waals surface area contributed by atoms with Gasteiger partial charge in [0.25, 0.3) is 0 Å². The molecule has 2 rings (SSSR count). The van der Waals surface area contributed by atoms with Crippen LogP contribution in [0.2, 0.25) is 0 Å². The lowest BCUT2D eigenvalue weighted by molar-refractivity contribution is 0.224. The van der Waals surface area contributed by atoms with Gasteiger partial charge in [-0.15, -0.1) is 0 Å². The number of benzene rings is 1. The Labute approximate surface area is 131 Å². The summed E-state index contributed by atoms with van der Waals surface area (Å²) in [7, 11) is 0. The fraction of sp³-hybridized carbons (Fsp3) is 0.500. The average Bonchev–Trinajstić information content (AvgIpc) is 2.43. The van der Waals surface area contributed by atoms with Crippen LogP contribution in [-0.4, -0.2) is 34.6 Å². The van der Waals surface area contributed by atoms with Gasteiger partial charge in [-0.1, -0.05) is 43.8 Å². The van der Waals surface area contributed by atoms with Crippen molar-refractivity contribution in [3.05, 3.63) is 30.3 Å². The average molecular weight is 305 g/mol. The lowest BCUT2D eigenvalue weighted by atomic mass is 10.2. The van der Waals surface area contributed by atoms with E-state index in [4.69, 9.17) is 0 Å². The minimum absolute atomic E-state index is 0.0213. The topological polar surface area (TPSA) is 35.9 Å². The molecule has 1 aromatic rings. The van der Waals surface area contributed by atoms with Gasteiger partial charge < -0.3 is 0 Å². The first-order chi connectivity index (χ1) is 9.99. The number of rotatable bonds is 4. The van der Waals surface area contributed by atoms with Crippen molar-refractivity contribution in [1.29, 1.82) is 0 Å². The Bertz CT molecular complexity index is 514. The van der Waals surface area contributed by atoms with Crippen LogP contribution < -0.4 is 4.90 Å². The minimum Gasteiger partial charge on any atom is -0.284 e. The molecular weight excluding hydrogens is 282 g/mol. The van der Waals surface area contributed by atoms with E-state index in [1.54, 1.807) is 11.8 Å². The predicted octanol–water partition coefficient (Wildman–Crippen LogP) is 4.04. The molecule has 21 heavy (non-hydrogen) atoms. The highest BCUT2D eigenvalue weighted by molar-refractivity contribution is 8.14. The summed E-state index contributed by atoms with van der Waals surface area (Å²) >= 11 is 1.63. The number of carbonyl (C=O) groups excluding carboxylic acids is 1. The number of carbonyl (C=O) groups is 1. The maximum absolute atomic E-state index is 12.8. The minimum atomic E-state index is 0.0213. The van der Waals surface area contributed by atoms with E-state index in [1.807, 2.05) is 54.0 Å². The highest BCUT2D eigenvalue weighted by Crippen LogP contribution is 2.27. The van der Waals surface area contributed by atoms with Gasteiger partial charge in [-0.25, -0.2) is 4.79 Å². The number of aliphatic imine (C=N–C) groups is 1. The van der Waals surface area contributed by atoms with Gasteiger partial charge in [0.2, 0.25) is 0 Å². The van der Waals surface area contributed by atoms with Gasteiger partial charge in [-0.3, -0.25) is 14.8 Å². The molecule has 1 fully saturated rings. The summed E-state index contributed by atoms with van der Waals surface area (Å²) in [6.45, 7) is 9.00. The number of hydrogen-bond acceptors (Lipinski definition) is 3. The molecule has 0 bridgehead atoms. The maximum Gasteiger partial charge on any atom is 0.331 e. The SMILES string of the molecule is CC(C)CN1C(=O)N(c2ccccc2)CS/C1=N\C(C)C. The van der Waals surface area contributed by atoms with Gasteiger partial charge >= 0.3 is 6.03 Å². The second-order valence-electron chi connectivity index (χ2n) is 5.83. The molecule has 5 heteroatoms. The molecule has 114 valence electrons. The maximum atomic E-state index is 12.8. The van der Waals surface area contributed by atoms with Crippen LogP contribution >= 0.6 is 11.8 Å². The van der Waals surface area contributed by atoms with Crippen molar-refractivity contribution in [3.8, 4) is 0 Å². The lowest BCUT2D eigenvalue weighted by Crippen LogP contribution is -2.51. The smallest absolute Gasteiger partial charge is 0.284 e. The van der Waals surface area contributed by atoms with E-state index in [0.29, 0.717) is 18.3 Å². The van der Waals surface area contributed by atoms with Gasteiger partial charge in [0, 0.05) is 18.3 Å². The fourth-order valence-electron chi connectivity index (χ4n) is 2.13. The molecule has 0 aromatic heterocycles. The quantitative estimate of drug-likeness (QED) is 0.841. The summed E-state index contributed by atoms with van der Waals surface area (Å²) in [5.41, 5.74) is 0.937. The normalized spacial score (nSPS) is 18.2. The Balaban J connectivity index is 2.26. The summed E-state index contributed by atoms with van der Waals surface area (Å²) in [6, 6.07) is 10.0. The van der Waals surface area contributed by atoms with Crippen LogP contribution in [0.25, 0.3) is 0 Å². The Morgan fingerprint density at radius 1 is 1.19 bits per heavy atom. The molecule has 1 heterocycles. The van der Waals surface area contributed by atoms with Crippen LogP contribution in [0.3, 0.4) is 0 Å². The molecule has 0 atom stereocenters. The summed E-state index contributed by atoms with van der Waals surface area (Å²) in [5.74, 6) is 1.02. The molecule has 1 aromatic carbocycles. The van der Waals surface area contributed by atoms with Gasteiger partial charge in [-0.2, -0.15) is 0 Å². The lowest BCUT2D eigenvalue weighted by Gasteiger charge is -2.36. The van der Waals surface area contributed by atoms with Crippen molar-refractivity contribution in [3.63, 3.8) is 0 Å². The van der Waals surface area contributed by atoms with Crippen molar-refractivity contribution in [2.75, 3.05) is 17.3 Å². The van der Waals surface area contributed by atoms with E-state index in [-0.39, 0.29) is 12.1 Å². The van der Waals surface area contributed by atoms with Crippen molar-refractivity contribution < 1.29 is 4.79 Å². The monoisotopic (exact) mass is 305 g/mol. The van der Waals surface area contributed by atoms with E-state index >= 15 is 0 Å². The van der Waals surface area contributed by atoms with Crippen LogP contribution in [0.15, 0.2) is 35.3 Å². The second kappa shape index (κ2) is 6.98. The molecule has 1 aliphatic rings. The molecule has 0 spiro atoms. The fourth-order valence-corrected chi connectivity index (χ4v) is 3.22. The molecule has 2 amide bonds. The zero-order valence-corrected chi connectivity index (χ0v) is 13.9. The van der Waals surface area contributed by atoms with E-state index < -0.39 is 0 Å². The summed E-state index contributed by atoms with van der Waals surface area (Å²) in [6.07, 6.45) is 0. The Hall–Kier alpha value is -1.49. The van der Waals surface area contributed by atoms with E-state index in [9.17, 15) is 4.79 Å². The van der Waals surface area contributed by atoms with E-state index in [2.05, 4.69) is 18.8 Å². The van der Waals surface area contributed by atoms with E-state index in [0.717, 1.165) is 10.9 Å². The predicted molar refractivity (Wildman–Crippen MR) is 90.9 cm³/mol. The number of anilines is 1. The first-order valence-electron chi connectivity index (χ1n) is 7.33. The van der Waals surface area contributed by atoms with Crippen molar-refractivity contribution in [1.82, 2.24) is 4.90 Å². The number of para-hydroxylation sites is 1. The van der Waals surface area contributed by atoms with Gasteiger partial charge in [0.1, 0.15) is 0 Å². The molecule has 0 N–H and O–H groups in total. The number of hydrogen-bond donors (Lipinski definition) is 0. The number of thioether (sulfide) groups is 1. The van der Waals surface area contributed by atoms with Gasteiger partial charge in [0.05, 0.1) is 5.88 Å². The van der Waals surface area contributed by atoms with Gasteiger partial charge in [-0.05, 0) is 31.9 Å². The van der Waals surface area contributed by atoms with Crippen LogP contribution in [-0.2, 0) is 0 Å². The summed E-state index contributed by atoms with van der Waals surface area (Å²) < 4.78 is 0. The van der Waals surface area contributed by atoms with Crippen molar-refractivity contribution >= 4 is 28.6 Å².